The number of halogens is 7. The van der Waals surface area contributed by atoms with Crippen LogP contribution in [-0.4, -0.2) is 20.9 Å². The Morgan fingerprint density at radius 2 is 1.64 bits per heavy atom. The molecular formula is C11H6BrF6N3O. The molecule has 1 aromatic carbocycles. The summed E-state index contributed by atoms with van der Waals surface area (Å²) >= 11 is 2.80. The van der Waals surface area contributed by atoms with Crippen LogP contribution in [0.2, 0.25) is 0 Å². The van der Waals surface area contributed by atoms with Gasteiger partial charge in [-0.1, -0.05) is 0 Å². The SMILES string of the molecule is FC(F)(F)Cn1nc(Br)nc1Oc1ccc(C(F)(F)F)cc1. The third-order valence-corrected chi connectivity index (χ3v) is 2.67. The van der Waals surface area contributed by atoms with E-state index in [9.17, 15) is 26.3 Å². The van der Waals surface area contributed by atoms with Crippen LogP contribution in [0.3, 0.4) is 0 Å². The molecule has 2 rings (SSSR count). The summed E-state index contributed by atoms with van der Waals surface area (Å²) in [6.45, 7) is -1.44. The summed E-state index contributed by atoms with van der Waals surface area (Å²) in [5, 5.41) is 3.45. The fourth-order valence-corrected chi connectivity index (χ4v) is 1.81. The number of benzene rings is 1. The minimum Gasteiger partial charge on any atom is -0.424 e. The Kier molecular flexibility index (Phi) is 4.36. The second-order valence-corrected chi connectivity index (χ2v) is 4.77. The van der Waals surface area contributed by atoms with E-state index >= 15 is 0 Å². The quantitative estimate of drug-likeness (QED) is 0.729. The molecular weight excluding hydrogens is 384 g/mol. The Balaban J connectivity index is 2.20. The van der Waals surface area contributed by atoms with E-state index in [0.29, 0.717) is 4.68 Å². The summed E-state index contributed by atoms with van der Waals surface area (Å²) in [7, 11) is 0. The van der Waals surface area contributed by atoms with Crippen LogP contribution in [0.5, 0.6) is 11.8 Å². The first-order valence-corrected chi connectivity index (χ1v) is 6.36. The van der Waals surface area contributed by atoms with E-state index < -0.39 is 30.5 Å². The molecule has 0 bridgehead atoms. The van der Waals surface area contributed by atoms with E-state index in [1.54, 1.807) is 0 Å². The van der Waals surface area contributed by atoms with Crippen LogP contribution in [0.25, 0.3) is 0 Å². The topological polar surface area (TPSA) is 39.9 Å². The third kappa shape index (κ3) is 4.36. The van der Waals surface area contributed by atoms with Crippen LogP contribution in [0, 0.1) is 0 Å². The fraction of sp³-hybridized carbons (Fsp3) is 0.273. The predicted molar refractivity (Wildman–Crippen MR) is 65.3 cm³/mol. The summed E-state index contributed by atoms with van der Waals surface area (Å²) in [6, 6.07) is 2.94. The zero-order valence-electron chi connectivity index (χ0n) is 10.4. The molecule has 1 aromatic heterocycles. The number of aromatic nitrogens is 3. The van der Waals surface area contributed by atoms with Gasteiger partial charge >= 0.3 is 18.4 Å². The second-order valence-electron chi connectivity index (χ2n) is 4.06. The molecule has 0 aliphatic heterocycles. The lowest BCUT2D eigenvalue weighted by Gasteiger charge is -2.10. The number of hydrogen-bond donors (Lipinski definition) is 0. The van der Waals surface area contributed by atoms with E-state index in [4.69, 9.17) is 4.74 Å². The van der Waals surface area contributed by atoms with Gasteiger partial charge < -0.3 is 4.74 Å². The monoisotopic (exact) mass is 389 g/mol. The number of nitrogens with zero attached hydrogens (tertiary/aromatic N) is 3. The zero-order chi connectivity index (χ0) is 16.5. The van der Waals surface area contributed by atoms with Crippen molar-refractivity contribution in [2.24, 2.45) is 0 Å². The Bertz CT molecular complexity index is 649. The molecule has 2 aromatic rings. The normalized spacial score (nSPS) is 12.5. The van der Waals surface area contributed by atoms with Crippen molar-refractivity contribution < 1.29 is 31.1 Å². The average molecular weight is 390 g/mol. The number of rotatable bonds is 3. The molecule has 0 amide bonds. The van der Waals surface area contributed by atoms with Gasteiger partial charge in [-0.25, -0.2) is 4.68 Å². The van der Waals surface area contributed by atoms with Crippen LogP contribution < -0.4 is 4.74 Å². The van der Waals surface area contributed by atoms with Crippen molar-refractivity contribution in [2.75, 3.05) is 0 Å². The van der Waals surface area contributed by atoms with Crippen LogP contribution in [0.4, 0.5) is 26.3 Å². The number of ether oxygens (including phenoxy) is 1. The van der Waals surface area contributed by atoms with Crippen LogP contribution in [-0.2, 0) is 12.7 Å². The van der Waals surface area contributed by atoms with Gasteiger partial charge in [-0.05, 0) is 40.2 Å². The minimum absolute atomic E-state index is 0.101. The molecule has 0 saturated carbocycles. The fourth-order valence-electron chi connectivity index (χ4n) is 1.47. The standard InChI is InChI=1S/C11H6BrF6N3O/c12-8-19-9(21(20-8)5-10(13,14)15)22-7-3-1-6(2-4-7)11(16,17)18/h1-4H,5H2. The lowest BCUT2D eigenvalue weighted by atomic mass is 10.2. The lowest BCUT2D eigenvalue weighted by Crippen LogP contribution is -2.19. The molecule has 0 spiro atoms. The highest BCUT2D eigenvalue weighted by Gasteiger charge is 2.32. The van der Waals surface area contributed by atoms with Crippen LogP contribution >= 0.6 is 15.9 Å². The molecule has 120 valence electrons. The van der Waals surface area contributed by atoms with Crippen molar-refractivity contribution in [3.63, 3.8) is 0 Å². The van der Waals surface area contributed by atoms with Gasteiger partial charge in [-0.15, -0.1) is 5.10 Å². The molecule has 0 fully saturated rings. The van der Waals surface area contributed by atoms with Gasteiger partial charge in [0.15, 0.2) is 0 Å². The maximum absolute atomic E-state index is 12.4. The van der Waals surface area contributed by atoms with E-state index in [1.807, 2.05) is 0 Å². The minimum atomic E-state index is -4.55. The molecule has 1 heterocycles. The highest BCUT2D eigenvalue weighted by atomic mass is 79.9. The summed E-state index contributed by atoms with van der Waals surface area (Å²) in [5.74, 6) is -0.101. The molecule has 0 atom stereocenters. The van der Waals surface area contributed by atoms with Crippen molar-refractivity contribution in [1.29, 1.82) is 0 Å². The number of hydrogen-bond acceptors (Lipinski definition) is 3. The van der Waals surface area contributed by atoms with Crippen molar-refractivity contribution in [3.8, 4) is 11.8 Å². The predicted octanol–water partition coefficient (Wildman–Crippen LogP) is 4.41. The third-order valence-electron chi connectivity index (χ3n) is 2.33. The van der Waals surface area contributed by atoms with Crippen LogP contribution in [0.15, 0.2) is 29.0 Å². The molecule has 0 aliphatic carbocycles. The summed E-state index contributed by atoms with van der Waals surface area (Å²) in [5.41, 5.74) is -0.905. The number of alkyl halides is 6. The van der Waals surface area contributed by atoms with Crippen molar-refractivity contribution in [1.82, 2.24) is 14.8 Å². The van der Waals surface area contributed by atoms with Crippen molar-refractivity contribution in [3.05, 3.63) is 34.6 Å². The van der Waals surface area contributed by atoms with Gasteiger partial charge in [-0.3, -0.25) is 0 Å². The molecule has 11 heteroatoms. The molecule has 0 saturated heterocycles. The van der Waals surface area contributed by atoms with Gasteiger partial charge in [0, 0.05) is 0 Å². The van der Waals surface area contributed by atoms with Gasteiger partial charge in [0.05, 0.1) is 5.56 Å². The Labute approximate surface area is 127 Å². The summed E-state index contributed by atoms with van der Waals surface area (Å²) < 4.78 is 79.7. The smallest absolute Gasteiger partial charge is 0.416 e. The molecule has 22 heavy (non-hydrogen) atoms. The second kappa shape index (κ2) is 5.78. The van der Waals surface area contributed by atoms with Crippen LogP contribution in [0.1, 0.15) is 5.56 Å². The molecule has 0 unspecified atom stereocenters. The van der Waals surface area contributed by atoms with Gasteiger partial charge in [0.25, 0.3) is 0 Å². The first kappa shape index (κ1) is 16.6. The van der Waals surface area contributed by atoms with E-state index in [-0.39, 0.29) is 10.5 Å². The Morgan fingerprint density at radius 3 is 2.14 bits per heavy atom. The van der Waals surface area contributed by atoms with Crippen molar-refractivity contribution in [2.45, 2.75) is 18.9 Å². The molecule has 0 radical (unpaired) electrons. The zero-order valence-corrected chi connectivity index (χ0v) is 12.0. The van der Waals surface area contributed by atoms with E-state index in [1.165, 1.54) is 0 Å². The van der Waals surface area contributed by atoms with Gasteiger partial charge in [-0.2, -0.15) is 31.3 Å². The first-order valence-electron chi connectivity index (χ1n) is 5.57. The Hall–Kier alpha value is -1.78. The van der Waals surface area contributed by atoms with Gasteiger partial charge in [0.1, 0.15) is 12.3 Å². The summed E-state index contributed by atoms with van der Waals surface area (Å²) in [4.78, 5) is 3.59. The molecule has 0 aliphatic rings. The Morgan fingerprint density at radius 1 is 1.05 bits per heavy atom. The lowest BCUT2D eigenvalue weighted by molar-refractivity contribution is -0.143. The van der Waals surface area contributed by atoms with E-state index in [0.717, 1.165) is 24.3 Å². The average Bonchev–Trinajstić information content (AvgIpc) is 2.66. The highest BCUT2D eigenvalue weighted by Crippen LogP contribution is 2.31. The molecule has 0 N–H and O–H groups in total. The molecule has 4 nitrogen and oxygen atoms in total. The van der Waals surface area contributed by atoms with Crippen molar-refractivity contribution >= 4 is 15.9 Å². The maximum atomic E-state index is 12.4. The highest BCUT2D eigenvalue weighted by molar-refractivity contribution is 9.10. The largest absolute Gasteiger partial charge is 0.424 e. The van der Waals surface area contributed by atoms with Gasteiger partial charge in [0.2, 0.25) is 4.73 Å². The summed E-state index contributed by atoms with van der Waals surface area (Å²) in [6.07, 6.45) is -9.07. The maximum Gasteiger partial charge on any atom is 0.416 e. The van der Waals surface area contributed by atoms with E-state index in [2.05, 4.69) is 26.0 Å². The first-order chi connectivity index (χ1) is 10.0.